The van der Waals surface area contributed by atoms with Gasteiger partial charge >= 0.3 is 6.03 Å². The number of nitrogens with zero attached hydrogens (tertiary/aromatic N) is 2. The number of amides is 4. The van der Waals surface area contributed by atoms with Gasteiger partial charge in [-0.2, -0.15) is 0 Å². The molecule has 1 heterocycles. The van der Waals surface area contributed by atoms with Gasteiger partial charge in [-0.1, -0.05) is 42.5 Å². The fourth-order valence-electron chi connectivity index (χ4n) is 4.15. The number of imide groups is 2. The number of barbiturate groups is 1. The van der Waals surface area contributed by atoms with Crippen LogP contribution < -0.4 is 19.3 Å². The van der Waals surface area contributed by atoms with Crippen LogP contribution in [0.2, 0.25) is 0 Å². The Bertz CT molecular complexity index is 1290. The number of hydrogen-bond acceptors (Lipinski definition) is 5. The van der Waals surface area contributed by atoms with E-state index in [9.17, 15) is 14.4 Å². The van der Waals surface area contributed by atoms with Gasteiger partial charge in [-0.25, -0.2) is 14.6 Å². The third-order valence-electron chi connectivity index (χ3n) is 5.70. The fourth-order valence-corrected chi connectivity index (χ4v) is 4.15. The summed E-state index contributed by atoms with van der Waals surface area (Å²) in [6, 6.07) is 19.9. The molecule has 0 atom stereocenters. The summed E-state index contributed by atoms with van der Waals surface area (Å²) in [5, 5.41) is 0. The zero-order valence-corrected chi connectivity index (χ0v) is 20.8. The highest BCUT2D eigenvalue weighted by Crippen LogP contribution is 2.36. The van der Waals surface area contributed by atoms with Gasteiger partial charge < -0.3 is 9.47 Å². The molecule has 0 aliphatic carbocycles. The lowest BCUT2D eigenvalue weighted by molar-refractivity contribution is -0.121. The molecule has 1 aliphatic rings. The average molecular weight is 497 g/mol. The Kier molecular flexibility index (Phi) is 7.83. The molecule has 4 rings (SSSR count). The minimum Gasteiger partial charge on any atom is -0.490 e. The molecule has 0 spiro atoms. The first-order chi connectivity index (χ1) is 18.0. The van der Waals surface area contributed by atoms with Gasteiger partial charge in [0.25, 0.3) is 11.8 Å². The molecule has 188 valence electrons. The Hall–Kier alpha value is -4.65. The monoisotopic (exact) mass is 496 g/mol. The van der Waals surface area contributed by atoms with Crippen LogP contribution in [0.1, 0.15) is 25.0 Å². The van der Waals surface area contributed by atoms with Crippen molar-refractivity contribution in [3.8, 4) is 11.5 Å². The molecule has 37 heavy (non-hydrogen) atoms. The number of carbonyl (C=O) groups is 3. The van der Waals surface area contributed by atoms with Crippen LogP contribution >= 0.6 is 0 Å². The number of allylic oxidation sites excluding steroid dienone is 1. The van der Waals surface area contributed by atoms with Crippen LogP contribution in [-0.2, 0) is 16.0 Å². The topological polar surface area (TPSA) is 76.2 Å². The van der Waals surface area contributed by atoms with E-state index in [0.717, 1.165) is 15.4 Å². The maximum atomic E-state index is 13.6. The number of urea groups is 1. The summed E-state index contributed by atoms with van der Waals surface area (Å²) in [5.41, 5.74) is 1.96. The van der Waals surface area contributed by atoms with Gasteiger partial charge in [0, 0.05) is 5.56 Å². The van der Waals surface area contributed by atoms with E-state index in [2.05, 4.69) is 6.58 Å². The number of carbonyl (C=O) groups excluding carboxylic acids is 3. The molecule has 0 N–H and O–H groups in total. The Labute approximate surface area is 216 Å². The van der Waals surface area contributed by atoms with Crippen LogP contribution in [0, 0.1) is 0 Å². The van der Waals surface area contributed by atoms with Gasteiger partial charge in [0.2, 0.25) is 0 Å². The zero-order chi connectivity index (χ0) is 26.4. The predicted molar refractivity (Wildman–Crippen MR) is 144 cm³/mol. The van der Waals surface area contributed by atoms with Crippen LogP contribution in [0.5, 0.6) is 11.5 Å². The quantitative estimate of drug-likeness (QED) is 0.213. The third kappa shape index (κ3) is 5.16. The van der Waals surface area contributed by atoms with Crippen molar-refractivity contribution in [1.29, 1.82) is 0 Å². The van der Waals surface area contributed by atoms with E-state index in [0.29, 0.717) is 48.1 Å². The Morgan fingerprint density at radius 3 is 1.81 bits per heavy atom. The van der Waals surface area contributed by atoms with Crippen LogP contribution in [0.15, 0.2) is 91.0 Å². The van der Waals surface area contributed by atoms with E-state index in [1.54, 1.807) is 72.8 Å². The zero-order valence-electron chi connectivity index (χ0n) is 20.8. The summed E-state index contributed by atoms with van der Waals surface area (Å²) in [5.74, 6) is -0.308. The predicted octanol–water partition coefficient (Wildman–Crippen LogP) is 5.80. The van der Waals surface area contributed by atoms with E-state index >= 15 is 0 Å². The molecule has 0 aromatic heterocycles. The summed E-state index contributed by atoms with van der Waals surface area (Å²) in [7, 11) is 0. The summed E-state index contributed by atoms with van der Waals surface area (Å²) < 4.78 is 11.7. The lowest BCUT2D eigenvalue weighted by Crippen LogP contribution is -2.57. The molecule has 3 aromatic rings. The number of ether oxygens (including phenoxy) is 2. The lowest BCUT2D eigenvalue weighted by atomic mass is 10.0. The van der Waals surface area contributed by atoms with Crippen molar-refractivity contribution in [2.75, 3.05) is 23.0 Å². The third-order valence-corrected chi connectivity index (χ3v) is 5.70. The van der Waals surface area contributed by atoms with Crippen LogP contribution in [-0.4, -0.2) is 31.1 Å². The normalized spacial score (nSPS) is 13.6. The van der Waals surface area contributed by atoms with Crippen LogP contribution in [0.25, 0.3) is 6.08 Å². The van der Waals surface area contributed by atoms with Gasteiger partial charge in [0.05, 0.1) is 24.6 Å². The van der Waals surface area contributed by atoms with Crippen molar-refractivity contribution in [3.05, 3.63) is 102 Å². The van der Waals surface area contributed by atoms with Gasteiger partial charge in [0.15, 0.2) is 11.5 Å². The highest BCUT2D eigenvalue weighted by molar-refractivity contribution is 6.46. The highest BCUT2D eigenvalue weighted by Gasteiger charge is 2.43. The molecule has 0 radical (unpaired) electrons. The van der Waals surface area contributed by atoms with E-state index in [4.69, 9.17) is 9.47 Å². The molecule has 4 amide bonds. The first-order valence-electron chi connectivity index (χ1n) is 12.1. The van der Waals surface area contributed by atoms with E-state index in [1.807, 2.05) is 19.9 Å². The molecule has 0 unspecified atom stereocenters. The van der Waals surface area contributed by atoms with Gasteiger partial charge in [-0.15, -0.1) is 6.58 Å². The van der Waals surface area contributed by atoms with Gasteiger partial charge in [0.1, 0.15) is 5.57 Å². The van der Waals surface area contributed by atoms with Crippen molar-refractivity contribution in [2.45, 2.75) is 20.3 Å². The molecule has 0 bridgehead atoms. The molecule has 0 saturated carbocycles. The van der Waals surface area contributed by atoms with Crippen LogP contribution in [0.3, 0.4) is 0 Å². The molecular weight excluding hydrogens is 468 g/mol. The lowest BCUT2D eigenvalue weighted by Gasteiger charge is -2.34. The Morgan fingerprint density at radius 2 is 1.32 bits per heavy atom. The highest BCUT2D eigenvalue weighted by atomic mass is 16.5. The van der Waals surface area contributed by atoms with Gasteiger partial charge in [-0.3, -0.25) is 9.59 Å². The summed E-state index contributed by atoms with van der Waals surface area (Å²) in [4.78, 5) is 42.8. The first kappa shape index (κ1) is 25.4. The molecule has 1 fully saturated rings. The van der Waals surface area contributed by atoms with Crippen molar-refractivity contribution < 1.29 is 23.9 Å². The second-order valence-electron chi connectivity index (χ2n) is 8.16. The number of benzene rings is 3. The largest absolute Gasteiger partial charge is 0.490 e. The van der Waals surface area contributed by atoms with E-state index < -0.39 is 17.8 Å². The number of anilines is 2. The summed E-state index contributed by atoms with van der Waals surface area (Å²) >= 11 is 0. The van der Waals surface area contributed by atoms with E-state index in [1.165, 1.54) is 6.08 Å². The average Bonchev–Trinajstić information content (AvgIpc) is 2.90. The molecule has 7 heteroatoms. The van der Waals surface area contributed by atoms with Gasteiger partial charge in [-0.05, 0) is 68.3 Å². The van der Waals surface area contributed by atoms with Crippen molar-refractivity contribution >= 4 is 35.3 Å². The van der Waals surface area contributed by atoms with Crippen LogP contribution in [0.4, 0.5) is 16.2 Å². The SMILES string of the molecule is C=CCc1cc(C=C2C(=O)N(c3ccccc3)C(=O)N(c3ccccc3)C2=O)cc(OCC)c1OCC. The minimum absolute atomic E-state index is 0.150. The number of hydrogen-bond donors (Lipinski definition) is 0. The molecule has 3 aromatic carbocycles. The second-order valence-corrected chi connectivity index (χ2v) is 8.16. The Balaban J connectivity index is 1.89. The standard InChI is InChI=1S/C30H28N2O5/c1-4-13-22-18-21(20-26(36-5-2)27(22)37-6-3)19-25-28(33)31(23-14-9-7-10-15-23)30(35)32(29(25)34)24-16-11-8-12-17-24/h4,7-12,14-20H,1,5-6,13H2,2-3H3. The molecule has 7 nitrogen and oxygen atoms in total. The molecule has 1 saturated heterocycles. The van der Waals surface area contributed by atoms with Crippen molar-refractivity contribution in [2.24, 2.45) is 0 Å². The fraction of sp³-hybridized carbons (Fsp3) is 0.167. The summed E-state index contributed by atoms with van der Waals surface area (Å²) in [6.07, 6.45) is 3.74. The first-order valence-corrected chi connectivity index (χ1v) is 12.1. The maximum Gasteiger partial charge on any atom is 0.343 e. The van der Waals surface area contributed by atoms with Crippen molar-refractivity contribution in [3.63, 3.8) is 0 Å². The summed E-state index contributed by atoms with van der Waals surface area (Å²) in [6.45, 7) is 8.43. The van der Waals surface area contributed by atoms with Crippen molar-refractivity contribution in [1.82, 2.24) is 0 Å². The number of rotatable bonds is 9. The molecule has 1 aliphatic heterocycles. The van der Waals surface area contributed by atoms with E-state index in [-0.39, 0.29) is 5.57 Å². The smallest absolute Gasteiger partial charge is 0.343 e. The second kappa shape index (κ2) is 11.4. The minimum atomic E-state index is -0.737. The Morgan fingerprint density at radius 1 is 0.784 bits per heavy atom. The maximum absolute atomic E-state index is 13.6. The molecular formula is C30H28N2O5. The number of para-hydroxylation sites is 2.